The highest BCUT2D eigenvalue weighted by Gasteiger charge is 2.52. The lowest BCUT2D eigenvalue weighted by molar-refractivity contribution is 0.0846. The number of thioether (sulfide) groups is 1. The summed E-state index contributed by atoms with van der Waals surface area (Å²) in [6.45, 7) is 0. The Morgan fingerprint density at radius 1 is 0.750 bits per heavy atom. The molecule has 2 aromatic carbocycles. The smallest absolute Gasteiger partial charge is 0.0163 e. The summed E-state index contributed by atoms with van der Waals surface area (Å²) in [5.41, 5.74) is 1.58. The molecule has 0 aromatic heterocycles. The minimum atomic E-state index is 0.825. The molecule has 2 bridgehead atoms. The van der Waals surface area contributed by atoms with Gasteiger partial charge >= 0.3 is 0 Å². The van der Waals surface area contributed by atoms with Crippen LogP contribution in [0.5, 0.6) is 0 Å². The molecular weight excluding hydrogens is 260 g/mol. The molecule has 1 heteroatoms. The van der Waals surface area contributed by atoms with E-state index < -0.39 is 0 Å². The maximum atomic E-state index is 2.33. The Kier molecular flexibility index (Phi) is 3.31. The van der Waals surface area contributed by atoms with Crippen LogP contribution in [-0.4, -0.2) is 5.25 Å². The summed E-state index contributed by atoms with van der Waals surface area (Å²) in [5.74, 6) is 2.61. The fourth-order valence-corrected chi connectivity index (χ4v) is 5.76. The molecule has 2 aromatic rings. The topological polar surface area (TPSA) is 0 Å². The van der Waals surface area contributed by atoms with Gasteiger partial charge in [-0.25, -0.2) is 0 Å². The van der Waals surface area contributed by atoms with Crippen LogP contribution >= 0.6 is 11.8 Å². The zero-order valence-electron chi connectivity index (χ0n) is 11.6. The van der Waals surface area contributed by atoms with Crippen LogP contribution in [0.3, 0.4) is 0 Å². The first kappa shape index (κ1) is 12.5. The van der Waals surface area contributed by atoms with Crippen LogP contribution < -0.4 is 0 Å². The highest BCUT2D eigenvalue weighted by atomic mass is 32.2. The first-order chi connectivity index (χ1) is 9.93. The van der Waals surface area contributed by atoms with Crippen molar-refractivity contribution in [3.05, 3.63) is 66.2 Å². The molecule has 0 heterocycles. The van der Waals surface area contributed by atoms with Crippen LogP contribution in [0.25, 0.3) is 0 Å². The lowest BCUT2D eigenvalue weighted by Crippen LogP contribution is -2.50. The summed E-state index contributed by atoms with van der Waals surface area (Å²) in [6, 6.07) is 22.1. The summed E-state index contributed by atoms with van der Waals surface area (Å²) < 4.78 is 0. The fraction of sp³-hybridized carbons (Fsp3) is 0.368. The third-order valence-electron chi connectivity index (χ3n) is 5.04. The van der Waals surface area contributed by atoms with Gasteiger partial charge in [0.25, 0.3) is 0 Å². The van der Waals surface area contributed by atoms with Gasteiger partial charge in [0, 0.05) is 10.1 Å². The Hall–Kier alpha value is -1.21. The van der Waals surface area contributed by atoms with Gasteiger partial charge in [0.05, 0.1) is 0 Å². The number of fused-ring (bicyclic) bond motifs is 2. The van der Waals surface area contributed by atoms with Gasteiger partial charge in [0.2, 0.25) is 0 Å². The van der Waals surface area contributed by atoms with Crippen molar-refractivity contribution < 1.29 is 0 Å². The van der Waals surface area contributed by atoms with E-state index in [9.17, 15) is 0 Å². The van der Waals surface area contributed by atoms with E-state index >= 15 is 0 Å². The predicted octanol–water partition coefficient (Wildman–Crippen LogP) is 5.36. The summed E-state index contributed by atoms with van der Waals surface area (Å²) >= 11 is 2.12. The Labute approximate surface area is 125 Å². The minimum absolute atomic E-state index is 0.825. The molecule has 2 aliphatic rings. The van der Waals surface area contributed by atoms with Crippen molar-refractivity contribution in [3.63, 3.8) is 0 Å². The molecular formula is C19H20S. The van der Waals surface area contributed by atoms with E-state index in [0.717, 1.165) is 23.0 Å². The largest absolute Gasteiger partial charge is 0.122 e. The van der Waals surface area contributed by atoms with Gasteiger partial charge < -0.3 is 0 Å². The Balaban J connectivity index is 1.54. The third-order valence-corrected chi connectivity index (χ3v) is 6.56. The zero-order valence-corrected chi connectivity index (χ0v) is 12.4. The first-order valence-corrected chi connectivity index (χ1v) is 8.58. The van der Waals surface area contributed by atoms with Crippen LogP contribution in [0, 0.1) is 11.8 Å². The molecule has 0 spiro atoms. The van der Waals surface area contributed by atoms with Gasteiger partial charge in [-0.3, -0.25) is 0 Å². The summed E-state index contributed by atoms with van der Waals surface area (Å²) in [7, 11) is 0. The number of hydrogen-bond acceptors (Lipinski definition) is 1. The van der Waals surface area contributed by atoms with E-state index in [0.29, 0.717) is 0 Å². The van der Waals surface area contributed by atoms with Gasteiger partial charge in [-0.05, 0) is 48.3 Å². The summed E-state index contributed by atoms with van der Waals surface area (Å²) in [6.07, 6.45) is 4.27. The van der Waals surface area contributed by atoms with Crippen molar-refractivity contribution in [3.8, 4) is 0 Å². The fourth-order valence-electron chi connectivity index (χ4n) is 4.18. The standard InChI is InChI=1S/C19H20S/c1-3-8-14(9-4-1)18-16-12-7-13-17(18)19(16)20-15-10-5-2-6-11-15/h1-6,8-11,16-19H,7,12-13H2/t16-,17+,18?,19?. The molecule has 0 nitrogen and oxygen atoms in total. The minimum Gasteiger partial charge on any atom is -0.122 e. The average Bonchev–Trinajstić information content (AvgIpc) is 2.54. The van der Waals surface area contributed by atoms with Crippen LogP contribution in [-0.2, 0) is 0 Å². The van der Waals surface area contributed by atoms with E-state index in [2.05, 4.69) is 72.4 Å². The molecule has 4 atom stereocenters. The van der Waals surface area contributed by atoms with E-state index in [4.69, 9.17) is 0 Å². The lowest BCUT2D eigenvalue weighted by atomic mass is 9.54. The van der Waals surface area contributed by atoms with Crippen molar-refractivity contribution in [2.75, 3.05) is 0 Å². The Bertz CT molecular complexity index is 551. The quantitative estimate of drug-likeness (QED) is 0.729. The molecule has 2 fully saturated rings. The predicted molar refractivity (Wildman–Crippen MR) is 86.1 cm³/mol. The summed E-state index contributed by atoms with van der Waals surface area (Å²) in [5, 5.41) is 0.844. The summed E-state index contributed by atoms with van der Waals surface area (Å²) in [4.78, 5) is 1.45. The van der Waals surface area contributed by atoms with Crippen LogP contribution in [0.4, 0.5) is 0 Å². The number of hydrogen-bond donors (Lipinski definition) is 0. The molecule has 4 rings (SSSR count). The molecule has 0 aliphatic heterocycles. The van der Waals surface area contributed by atoms with Gasteiger partial charge in [-0.15, -0.1) is 11.8 Å². The van der Waals surface area contributed by atoms with Crippen molar-refractivity contribution in [1.29, 1.82) is 0 Å². The van der Waals surface area contributed by atoms with Crippen LogP contribution in [0.15, 0.2) is 65.6 Å². The monoisotopic (exact) mass is 280 g/mol. The Morgan fingerprint density at radius 2 is 1.35 bits per heavy atom. The van der Waals surface area contributed by atoms with E-state index in [1.54, 1.807) is 5.56 Å². The molecule has 0 saturated heterocycles. The molecule has 2 aliphatic carbocycles. The third kappa shape index (κ3) is 2.09. The first-order valence-electron chi connectivity index (χ1n) is 7.70. The highest BCUT2D eigenvalue weighted by Crippen LogP contribution is 2.61. The van der Waals surface area contributed by atoms with Gasteiger partial charge in [-0.1, -0.05) is 55.0 Å². The second kappa shape index (κ2) is 5.29. The molecule has 0 radical (unpaired) electrons. The maximum absolute atomic E-state index is 2.33. The zero-order chi connectivity index (χ0) is 13.4. The second-order valence-electron chi connectivity index (χ2n) is 6.09. The normalized spacial score (nSPS) is 31.6. The van der Waals surface area contributed by atoms with Crippen molar-refractivity contribution >= 4 is 11.8 Å². The molecule has 2 unspecified atom stereocenters. The molecule has 102 valence electrons. The number of benzene rings is 2. The van der Waals surface area contributed by atoms with E-state index in [1.807, 2.05) is 0 Å². The highest BCUT2D eigenvalue weighted by molar-refractivity contribution is 8.00. The van der Waals surface area contributed by atoms with Gasteiger partial charge in [0.1, 0.15) is 0 Å². The molecule has 0 amide bonds. The SMILES string of the molecule is c1ccc(SC2[C@H]3CCC[C@@H]2C3c2ccccc2)cc1. The molecule has 2 saturated carbocycles. The van der Waals surface area contributed by atoms with Crippen LogP contribution in [0.2, 0.25) is 0 Å². The number of rotatable bonds is 3. The van der Waals surface area contributed by atoms with Crippen molar-refractivity contribution in [1.82, 2.24) is 0 Å². The van der Waals surface area contributed by atoms with E-state index in [1.165, 1.54) is 24.2 Å². The van der Waals surface area contributed by atoms with Crippen LogP contribution in [0.1, 0.15) is 30.7 Å². The molecule has 0 N–H and O–H groups in total. The second-order valence-corrected chi connectivity index (χ2v) is 7.34. The van der Waals surface area contributed by atoms with Crippen molar-refractivity contribution in [2.24, 2.45) is 11.8 Å². The molecule has 20 heavy (non-hydrogen) atoms. The van der Waals surface area contributed by atoms with Crippen molar-refractivity contribution in [2.45, 2.75) is 35.3 Å². The lowest BCUT2D eigenvalue weighted by Gasteiger charge is -2.56. The Morgan fingerprint density at radius 3 is 2.00 bits per heavy atom. The maximum Gasteiger partial charge on any atom is 0.0163 e. The van der Waals surface area contributed by atoms with E-state index in [-0.39, 0.29) is 0 Å². The van der Waals surface area contributed by atoms with Gasteiger partial charge in [-0.2, -0.15) is 0 Å². The average molecular weight is 280 g/mol. The van der Waals surface area contributed by atoms with Gasteiger partial charge in [0.15, 0.2) is 0 Å².